The van der Waals surface area contributed by atoms with Gasteiger partial charge in [0.2, 0.25) is 6.54 Å². The highest BCUT2D eigenvalue weighted by molar-refractivity contribution is 5.93. The number of amides is 1. The highest BCUT2D eigenvalue weighted by atomic mass is 16.2. The van der Waals surface area contributed by atoms with E-state index in [1.54, 1.807) is 29.1 Å². The third-order valence-electron chi connectivity index (χ3n) is 4.23. The molecule has 0 saturated heterocycles. The van der Waals surface area contributed by atoms with Crippen LogP contribution < -0.4 is 9.88 Å². The largest absolute Gasteiger partial charge is 0.320 e. The molecule has 0 aliphatic rings. The Morgan fingerprint density at radius 2 is 1.60 bits per heavy atom. The van der Waals surface area contributed by atoms with Crippen molar-refractivity contribution >= 4 is 17.4 Å². The van der Waals surface area contributed by atoms with E-state index >= 15 is 0 Å². The lowest BCUT2D eigenvalue weighted by atomic mass is 9.92. The summed E-state index contributed by atoms with van der Waals surface area (Å²) in [4.78, 5) is 24.1. The summed E-state index contributed by atoms with van der Waals surface area (Å²) in [6, 6.07) is 9.71. The van der Waals surface area contributed by atoms with E-state index < -0.39 is 0 Å². The van der Waals surface area contributed by atoms with Crippen molar-refractivity contribution in [2.24, 2.45) is 0 Å². The lowest BCUT2D eigenvalue weighted by Crippen LogP contribution is -2.40. The molecule has 4 heteroatoms. The number of rotatable bonds is 6. The number of nitrogens with one attached hydrogen (secondary N) is 1. The molecule has 25 heavy (non-hydrogen) atoms. The quantitative estimate of drug-likeness (QED) is 0.637. The molecular formula is C21H27N2O2+. The van der Waals surface area contributed by atoms with Gasteiger partial charge in [-0.3, -0.25) is 9.59 Å². The molecule has 1 heterocycles. The number of nitrogens with zero attached hydrogens (tertiary/aromatic N) is 1. The molecular weight excluding hydrogens is 312 g/mol. The molecule has 2 aromatic rings. The van der Waals surface area contributed by atoms with E-state index in [4.69, 9.17) is 0 Å². The maximum absolute atomic E-state index is 12.6. The molecule has 1 amide bonds. The normalized spacial score (nSPS) is 11.0. The second-order valence-corrected chi connectivity index (χ2v) is 6.99. The maximum Gasteiger partial charge on any atom is 0.290 e. The minimum Gasteiger partial charge on any atom is -0.320 e. The summed E-state index contributed by atoms with van der Waals surface area (Å²) in [5.74, 6) is 0.535. The van der Waals surface area contributed by atoms with Gasteiger partial charge in [-0.2, -0.15) is 4.57 Å². The average Bonchev–Trinajstić information content (AvgIpc) is 2.54. The minimum absolute atomic E-state index is 0.0120. The second-order valence-electron chi connectivity index (χ2n) is 6.99. The molecule has 0 atom stereocenters. The number of anilines is 1. The first kappa shape index (κ1) is 18.8. The minimum atomic E-state index is -0.0966. The molecule has 1 N–H and O–H groups in total. The number of Topliss-reactive ketones (excluding diaryl/α,β-unsaturated/α-hetero) is 1. The van der Waals surface area contributed by atoms with Crippen molar-refractivity contribution in [1.82, 2.24) is 0 Å². The van der Waals surface area contributed by atoms with Crippen LogP contribution in [0, 0.1) is 0 Å². The Morgan fingerprint density at radius 1 is 1.00 bits per heavy atom. The molecule has 0 aliphatic heterocycles. The zero-order chi connectivity index (χ0) is 18.6. The van der Waals surface area contributed by atoms with Crippen LogP contribution >= 0.6 is 0 Å². The van der Waals surface area contributed by atoms with E-state index in [0.29, 0.717) is 17.4 Å². The number of pyridine rings is 1. The summed E-state index contributed by atoms with van der Waals surface area (Å²) in [5, 5.41) is 3.09. The lowest BCUT2D eigenvalue weighted by Gasteiger charge is -2.19. The first-order valence-electron chi connectivity index (χ1n) is 8.72. The van der Waals surface area contributed by atoms with Crippen molar-refractivity contribution in [3.05, 3.63) is 59.4 Å². The van der Waals surface area contributed by atoms with Crippen molar-refractivity contribution in [3.8, 4) is 0 Å². The van der Waals surface area contributed by atoms with Gasteiger partial charge in [-0.05, 0) is 36.0 Å². The third kappa shape index (κ3) is 4.75. The number of carbonyl (C=O) groups is 2. The molecule has 0 fully saturated rings. The Labute approximate surface area is 149 Å². The lowest BCUT2D eigenvalue weighted by molar-refractivity contribution is -0.684. The maximum atomic E-state index is 12.6. The number of hydrogen-bond acceptors (Lipinski definition) is 2. The van der Waals surface area contributed by atoms with Crippen LogP contribution in [0.1, 0.15) is 67.9 Å². The molecule has 0 spiro atoms. The van der Waals surface area contributed by atoms with Crippen LogP contribution in [0.3, 0.4) is 0 Å². The molecule has 4 nitrogen and oxygen atoms in total. The second kappa shape index (κ2) is 8.06. The van der Waals surface area contributed by atoms with Crippen LogP contribution in [0.15, 0.2) is 42.7 Å². The molecule has 0 bridgehead atoms. The number of hydrogen-bond donors (Lipinski definition) is 1. The summed E-state index contributed by atoms with van der Waals surface area (Å²) >= 11 is 0. The topological polar surface area (TPSA) is 50.0 Å². The van der Waals surface area contributed by atoms with Gasteiger partial charge in [0.25, 0.3) is 5.91 Å². The molecule has 0 saturated carbocycles. The summed E-state index contributed by atoms with van der Waals surface area (Å²) in [6.45, 7) is 10.2. The predicted octanol–water partition coefficient (Wildman–Crippen LogP) is 4.06. The third-order valence-corrected chi connectivity index (χ3v) is 4.23. The summed E-state index contributed by atoms with van der Waals surface area (Å²) < 4.78 is 1.74. The number of ketones is 1. The van der Waals surface area contributed by atoms with Crippen molar-refractivity contribution in [3.63, 3.8) is 0 Å². The molecule has 0 radical (unpaired) electrons. The van der Waals surface area contributed by atoms with Crippen molar-refractivity contribution in [2.75, 3.05) is 5.32 Å². The van der Waals surface area contributed by atoms with Gasteiger partial charge in [0.15, 0.2) is 18.2 Å². The Balaban J connectivity index is 2.26. The molecule has 0 unspecified atom stereocenters. The summed E-state index contributed by atoms with van der Waals surface area (Å²) in [7, 11) is 0. The van der Waals surface area contributed by atoms with Crippen LogP contribution in [-0.2, 0) is 11.3 Å². The Hall–Kier alpha value is -2.49. The van der Waals surface area contributed by atoms with Gasteiger partial charge in [0, 0.05) is 11.8 Å². The highest BCUT2D eigenvalue weighted by Gasteiger charge is 2.18. The van der Waals surface area contributed by atoms with E-state index in [9.17, 15) is 9.59 Å². The van der Waals surface area contributed by atoms with E-state index in [2.05, 4.69) is 45.1 Å². The van der Waals surface area contributed by atoms with E-state index in [-0.39, 0.29) is 18.2 Å². The predicted molar refractivity (Wildman–Crippen MR) is 99.9 cm³/mol. The smallest absolute Gasteiger partial charge is 0.290 e. The first-order valence-corrected chi connectivity index (χ1v) is 8.72. The van der Waals surface area contributed by atoms with Gasteiger partial charge in [-0.25, -0.2) is 0 Å². The molecule has 1 aromatic carbocycles. The zero-order valence-corrected chi connectivity index (χ0v) is 15.7. The monoisotopic (exact) mass is 339 g/mol. The summed E-state index contributed by atoms with van der Waals surface area (Å²) in [5.41, 5.74) is 3.80. The number of para-hydroxylation sites is 1. The van der Waals surface area contributed by atoms with Crippen LogP contribution in [-0.4, -0.2) is 11.7 Å². The van der Waals surface area contributed by atoms with Crippen molar-refractivity contribution < 1.29 is 14.2 Å². The van der Waals surface area contributed by atoms with E-state index in [1.807, 2.05) is 6.07 Å². The fourth-order valence-electron chi connectivity index (χ4n) is 2.87. The SMILES string of the molecule is CC(=O)c1ccc[n+](CC(=O)Nc2c(C(C)C)cccc2C(C)C)c1. The van der Waals surface area contributed by atoms with Crippen LogP contribution in [0.25, 0.3) is 0 Å². The van der Waals surface area contributed by atoms with Gasteiger partial charge in [-0.1, -0.05) is 45.9 Å². The van der Waals surface area contributed by atoms with Gasteiger partial charge < -0.3 is 5.32 Å². The molecule has 0 aliphatic carbocycles. The highest BCUT2D eigenvalue weighted by Crippen LogP contribution is 2.32. The van der Waals surface area contributed by atoms with Crippen molar-refractivity contribution in [2.45, 2.75) is 53.0 Å². The standard InChI is InChI=1S/C21H26N2O2/c1-14(2)18-9-6-10-19(15(3)4)21(18)22-20(25)13-23-11-7-8-17(12-23)16(5)24/h6-12,14-15H,13H2,1-5H3/p+1. The Bertz CT molecular complexity index is 753. The number of benzene rings is 1. The van der Waals surface area contributed by atoms with Crippen LogP contribution in [0.2, 0.25) is 0 Å². The first-order chi connectivity index (χ1) is 11.8. The van der Waals surface area contributed by atoms with E-state index in [1.165, 1.54) is 6.92 Å². The average molecular weight is 339 g/mol. The number of aromatic nitrogens is 1. The molecule has 1 aromatic heterocycles. The Morgan fingerprint density at radius 3 is 2.12 bits per heavy atom. The van der Waals surface area contributed by atoms with E-state index in [0.717, 1.165) is 16.8 Å². The van der Waals surface area contributed by atoms with Crippen LogP contribution in [0.4, 0.5) is 5.69 Å². The van der Waals surface area contributed by atoms with Crippen LogP contribution in [0.5, 0.6) is 0 Å². The van der Waals surface area contributed by atoms with Gasteiger partial charge in [-0.15, -0.1) is 0 Å². The molecule has 2 rings (SSSR count). The van der Waals surface area contributed by atoms with Gasteiger partial charge >= 0.3 is 0 Å². The Kier molecular flexibility index (Phi) is 6.07. The fourth-order valence-corrected chi connectivity index (χ4v) is 2.87. The zero-order valence-electron chi connectivity index (χ0n) is 15.7. The molecule has 132 valence electrons. The van der Waals surface area contributed by atoms with Crippen molar-refractivity contribution in [1.29, 1.82) is 0 Å². The number of carbonyl (C=O) groups excluding carboxylic acids is 2. The van der Waals surface area contributed by atoms with Gasteiger partial charge in [0.1, 0.15) is 0 Å². The fraction of sp³-hybridized carbons (Fsp3) is 0.381. The van der Waals surface area contributed by atoms with Gasteiger partial charge in [0.05, 0.1) is 5.56 Å². The summed E-state index contributed by atoms with van der Waals surface area (Å²) in [6.07, 6.45) is 3.50.